The van der Waals surface area contributed by atoms with Gasteiger partial charge in [-0.2, -0.15) is 0 Å². The highest BCUT2D eigenvalue weighted by molar-refractivity contribution is 5.93. The molecule has 2 aromatic carbocycles. The Kier molecular flexibility index (Phi) is 7.28. The minimum atomic E-state index is -0.704. The molecule has 4 N–H and O–H groups in total. The van der Waals surface area contributed by atoms with Gasteiger partial charge in [0.15, 0.2) is 0 Å². The Bertz CT molecular complexity index is 951. The van der Waals surface area contributed by atoms with E-state index in [9.17, 15) is 14.4 Å². The van der Waals surface area contributed by atoms with Crippen LogP contribution in [0.3, 0.4) is 0 Å². The molecule has 7 nitrogen and oxygen atoms in total. The first-order chi connectivity index (χ1) is 14.8. The molecule has 0 saturated carbocycles. The smallest absolute Gasteiger partial charge is 0.246 e. The average Bonchev–Trinajstić information content (AvgIpc) is 3.24. The summed E-state index contributed by atoms with van der Waals surface area (Å²) in [6, 6.07) is 12.1. The Morgan fingerprint density at radius 2 is 1.81 bits per heavy atom. The lowest BCUT2D eigenvalue weighted by Gasteiger charge is -2.31. The van der Waals surface area contributed by atoms with E-state index in [0.29, 0.717) is 19.5 Å². The first-order valence-electron chi connectivity index (χ1n) is 10.9. The molecule has 1 heterocycles. The first-order valence-corrected chi connectivity index (χ1v) is 10.9. The third kappa shape index (κ3) is 5.22. The molecule has 1 saturated heterocycles. The van der Waals surface area contributed by atoms with E-state index in [4.69, 9.17) is 5.73 Å². The zero-order valence-corrected chi connectivity index (χ0v) is 18.4. The number of likely N-dealkylation sites (tertiary alicyclic amines) is 1. The van der Waals surface area contributed by atoms with Gasteiger partial charge in [-0.25, -0.2) is 0 Å². The monoisotopic (exact) mass is 424 g/mol. The van der Waals surface area contributed by atoms with Gasteiger partial charge in [0, 0.05) is 13.1 Å². The fraction of sp³-hybridized carbons (Fsp3) is 0.458. The van der Waals surface area contributed by atoms with Gasteiger partial charge in [-0.1, -0.05) is 56.3 Å². The third-order valence-corrected chi connectivity index (χ3v) is 5.82. The summed E-state index contributed by atoms with van der Waals surface area (Å²) in [5.74, 6) is -0.884. The van der Waals surface area contributed by atoms with E-state index in [2.05, 4.69) is 10.6 Å². The van der Waals surface area contributed by atoms with E-state index in [1.54, 1.807) is 11.8 Å². The number of carbonyl (C=O) groups is 3. The molecule has 1 aliphatic heterocycles. The maximum absolute atomic E-state index is 13.2. The van der Waals surface area contributed by atoms with Crippen LogP contribution >= 0.6 is 0 Å². The van der Waals surface area contributed by atoms with Crippen LogP contribution in [0.5, 0.6) is 0 Å². The highest BCUT2D eigenvalue weighted by Crippen LogP contribution is 2.22. The quantitative estimate of drug-likeness (QED) is 0.632. The van der Waals surface area contributed by atoms with Crippen molar-refractivity contribution in [2.24, 2.45) is 11.7 Å². The number of amides is 3. The Morgan fingerprint density at radius 1 is 1.10 bits per heavy atom. The molecule has 0 radical (unpaired) electrons. The summed E-state index contributed by atoms with van der Waals surface area (Å²) in [6.07, 6.45) is 1.36. The zero-order valence-electron chi connectivity index (χ0n) is 18.4. The van der Waals surface area contributed by atoms with Crippen molar-refractivity contribution < 1.29 is 14.4 Å². The predicted molar refractivity (Wildman–Crippen MR) is 121 cm³/mol. The molecule has 0 spiro atoms. The van der Waals surface area contributed by atoms with E-state index in [-0.39, 0.29) is 23.6 Å². The van der Waals surface area contributed by atoms with Crippen LogP contribution in [0.15, 0.2) is 42.5 Å². The molecular weight excluding hydrogens is 392 g/mol. The molecule has 3 rings (SSSR count). The van der Waals surface area contributed by atoms with Crippen molar-refractivity contribution in [2.75, 3.05) is 6.54 Å². The fourth-order valence-electron chi connectivity index (χ4n) is 4.03. The molecule has 7 heteroatoms. The van der Waals surface area contributed by atoms with Crippen LogP contribution in [0.4, 0.5) is 0 Å². The second-order valence-electron chi connectivity index (χ2n) is 8.56. The van der Waals surface area contributed by atoms with Gasteiger partial charge in [-0.3, -0.25) is 14.4 Å². The van der Waals surface area contributed by atoms with E-state index < -0.39 is 18.1 Å². The molecule has 166 valence electrons. The summed E-state index contributed by atoms with van der Waals surface area (Å²) >= 11 is 0. The van der Waals surface area contributed by atoms with Crippen LogP contribution in [-0.2, 0) is 20.9 Å². The van der Waals surface area contributed by atoms with E-state index in [0.717, 1.165) is 22.8 Å². The predicted octanol–water partition coefficient (Wildman–Crippen LogP) is 1.94. The molecule has 0 bridgehead atoms. The minimum absolute atomic E-state index is 0.116. The Morgan fingerprint density at radius 3 is 2.52 bits per heavy atom. The van der Waals surface area contributed by atoms with Gasteiger partial charge in [-0.15, -0.1) is 0 Å². The highest BCUT2D eigenvalue weighted by atomic mass is 16.2. The number of fused-ring (bicyclic) bond motifs is 1. The van der Waals surface area contributed by atoms with Crippen LogP contribution in [-0.4, -0.2) is 47.3 Å². The van der Waals surface area contributed by atoms with Crippen LogP contribution in [0.25, 0.3) is 10.8 Å². The first kappa shape index (κ1) is 22.7. The maximum atomic E-state index is 13.2. The van der Waals surface area contributed by atoms with Gasteiger partial charge >= 0.3 is 0 Å². The number of nitrogens with zero attached hydrogens (tertiary/aromatic N) is 1. The van der Waals surface area contributed by atoms with Crippen LogP contribution in [0.2, 0.25) is 0 Å². The molecule has 1 fully saturated rings. The maximum Gasteiger partial charge on any atom is 0.246 e. The molecule has 3 amide bonds. The Labute approximate surface area is 183 Å². The molecule has 31 heavy (non-hydrogen) atoms. The minimum Gasteiger partial charge on any atom is -0.350 e. The molecule has 2 aromatic rings. The van der Waals surface area contributed by atoms with Gasteiger partial charge in [-0.05, 0) is 42.0 Å². The summed E-state index contributed by atoms with van der Waals surface area (Å²) in [4.78, 5) is 39.9. The van der Waals surface area contributed by atoms with Crippen molar-refractivity contribution in [2.45, 2.75) is 58.3 Å². The fourth-order valence-corrected chi connectivity index (χ4v) is 4.03. The van der Waals surface area contributed by atoms with E-state index in [1.165, 1.54) is 0 Å². The molecular formula is C24H32N4O3. The second-order valence-corrected chi connectivity index (χ2v) is 8.56. The normalized spacial score (nSPS) is 18.1. The molecule has 0 aromatic heterocycles. The van der Waals surface area contributed by atoms with Gasteiger partial charge in [0.1, 0.15) is 12.1 Å². The molecule has 0 unspecified atom stereocenters. The number of hydrogen-bond acceptors (Lipinski definition) is 4. The zero-order chi connectivity index (χ0) is 22.5. The van der Waals surface area contributed by atoms with Crippen LogP contribution in [0.1, 0.15) is 39.2 Å². The lowest BCUT2D eigenvalue weighted by atomic mass is 10.0. The van der Waals surface area contributed by atoms with E-state index in [1.807, 2.05) is 56.3 Å². The summed E-state index contributed by atoms with van der Waals surface area (Å²) in [5.41, 5.74) is 6.68. The van der Waals surface area contributed by atoms with Gasteiger partial charge < -0.3 is 21.3 Å². The van der Waals surface area contributed by atoms with Gasteiger partial charge in [0.25, 0.3) is 0 Å². The molecule has 1 aliphatic rings. The summed E-state index contributed by atoms with van der Waals surface area (Å²) in [6.45, 7) is 6.22. The standard InChI is InChI=1S/C24H32N4O3/c1-15(2)21(27-22(29)16(3)25)24(31)28-13-7-12-20(28)23(30)26-14-18-10-6-9-17-8-4-5-11-19(17)18/h4-6,8-11,15-16,20-21H,7,12-14,25H2,1-3H3,(H,26,30)(H,27,29)/t16-,20-,21-/m0/s1. The van der Waals surface area contributed by atoms with Crippen molar-refractivity contribution in [1.82, 2.24) is 15.5 Å². The lowest BCUT2D eigenvalue weighted by Crippen LogP contribution is -2.56. The van der Waals surface area contributed by atoms with Crippen molar-refractivity contribution >= 4 is 28.5 Å². The molecule has 0 aliphatic carbocycles. The number of benzene rings is 2. The Balaban J connectivity index is 1.69. The lowest BCUT2D eigenvalue weighted by molar-refractivity contribution is -0.142. The highest BCUT2D eigenvalue weighted by Gasteiger charge is 2.38. The van der Waals surface area contributed by atoms with Gasteiger partial charge in [0.2, 0.25) is 17.7 Å². The Hall–Kier alpha value is -2.93. The number of hydrogen-bond donors (Lipinski definition) is 3. The second kappa shape index (κ2) is 9.92. The third-order valence-electron chi connectivity index (χ3n) is 5.82. The summed E-state index contributed by atoms with van der Waals surface area (Å²) < 4.78 is 0. The SMILES string of the molecule is CC(C)[C@H](NC(=O)[C@H](C)N)C(=O)N1CCC[C@H]1C(=O)NCc1cccc2ccccc12. The van der Waals surface area contributed by atoms with Crippen molar-refractivity contribution in [1.29, 1.82) is 0 Å². The average molecular weight is 425 g/mol. The van der Waals surface area contributed by atoms with Crippen molar-refractivity contribution in [3.63, 3.8) is 0 Å². The summed E-state index contributed by atoms with van der Waals surface area (Å²) in [7, 11) is 0. The molecule has 3 atom stereocenters. The van der Waals surface area contributed by atoms with Crippen LogP contribution in [0, 0.1) is 5.92 Å². The topological polar surface area (TPSA) is 105 Å². The largest absolute Gasteiger partial charge is 0.350 e. The summed E-state index contributed by atoms with van der Waals surface area (Å²) in [5, 5.41) is 7.97. The van der Waals surface area contributed by atoms with Gasteiger partial charge in [0.05, 0.1) is 6.04 Å². The number of nitrogens with two attached hydrogens (primary N) is 1. The number of carbonyl (C=O) groups excluding carboxylic acids is 3. The van der Waals surface area contributed by atoms with Crippen molar-refractivity contribution in [3.8, 4) is 0 Å². The van der Waals surface area contributed by atoms with Crippen molar-refractivity contribution in [3.05, 3.63) is 48.0 Å². The van der Waals surface area contributed by atoms with Crippen LogP contribution < -0.4 is 16.4 Å². The number of nitrogens with one attached hydrogen (secondary N) is 2. The van der Waals surface area contributed by atoms with E-state index >= 15 is 0 Å². The number of rotatable bonds is 7.